The van der Waals surface area contributed by atoms with Gasteiger partial charge in [-0.15, -0.1) is 0 Å². The second kappa shape index (κ2) is 6.23. The molecule has 0 aliphatic carbocycles. The minimum absolute atomic E-state index is 0.220. The van der Waals surface area contributed by atoms with Gasteiger partial charge in [0.1, 0.15) is 16.5 Å². The maximum Gasteiger partial charge on any atom is 0.274 e. The number of rotatable bonds is 3. The lowest BCUT2D eigenvalue weighted by Crippen LogP contribution is -2.16. The first-order valence-corrected chi connectivity index (χ1v) is 6.98. The summed E-state index contributed by atoms with van der Waals surface area (Å²) in [5.41, 5.74) is 6.79. The highest BCUT2D eigenvalue weighted by Crippen LogP contribution is 2.19. The van der Waals surface area contributed by atoms with Gasteiger partial charge in [0.2, 0.25) is 0 Å². The van der Waals surface area contributed by atoms with Crippen molar-refractivity contribution >= 4 is 51.4 Å². The molecule has 0 aliphatic heterocycles. The van der Waals surface area contributed by atoms with Gasteiger partial charge in [0, 0.05) is 15.3 Å². The Morgan fingerprint density at radius 2 is 2.10 bits per heavy atom. The molecule has 0 aliphatic rings. The molecule has 3 N–H and O–H groups in total. The van der Waals surface area contributed by atoms with E-state index in [9.17, 15) is 9.18 Å². The van der Waals surface area contributed by atoms with E-state index in [4.69, 9.17) is 18.0 Å². The minimum atomic E-state index is -0.385. The lowest BCUT2D eigenvalue weighted by molar-refractivity contribution is 0.102. The van der Waals surface area contributed by atoms with Crippen LogP contribution in [0.5, 0.6) is 0 Å². The van der Waals surface area contributed by atoms with Gasteiger partial charge in [-0.2, -0.15) is 0 Å². The van der Waals surface area contributed by atoms with Crippen LogP contribution in [0.25, 0.3) is 0 Å². The largest absolute Gasteiger partial charge is 0.389 e. The molecule has 1 aromatic heterocycles. The summed E-state index contributed by atoms with van der Waals surface area (Å²) in [4.78, 5) is 16.2. The maximum atomic E-state index is 13.0. The number of nitrogens with one attached hydrogen (secondary N) is 1. The molecule has 1 amide bonds. The quantitative estimate of drug-likeness (QED) is 0.613. The van der Waals surface area contributed by atoms with Crippen LogP contribution in [0.2, 0.25) is 0 Å². The molecule has 1 heterocycles. The fraction of sp³-hybridized carbons (Fsp3) is 0. The van der Waals surface area contributed by atoms with E-state index in [-0.39, 0.29) is 22.4 Å². The number of benzene rings is 1. The number of nitrogens with two attached hydrogens (primary N) is 1. The Hall–Kier alpha value is -1.61. The average molecular weight is 401 g/mol. The van der Waals surface area contributed by atoms with Crippen molar-refractivity contribution in [2.24, 2.45) is 5.73 Å². The van der Waals surface area contributed by atoms with Crippen molar-refractivity contribution in [1.29, 1.82) is 0 Å². The molecule has 102 valence electrons. The average Bonchev–Trinajstić information content (AvgIpc) is 2.42. The van der Waals surface area contributed by atoms with Gasteiger partial charge in [-0.05, 0) is 52.9 Å². The van der Waals surface area contributed by atoms with Crippen LogP contribution in [-0.4, -0.2) is 15.9 Å². The molecule has 4 nitrogen and oxygen atoms in total. The highest BCUT2D eigenvalue weighted by Gasteiger charge is 2.10. The number of nitrogens with zero attached hydrogens (tertiary/aromatic N) is 1. The zero-order valence-electron chi connectivity index (χ0n) is 10.1. The number of halogens is 2. The molecule has 1 aromatic carbocycles. The van der Waals surface area contributed by atoms with Gasteiger partial charge in [-0.3, -0.25) is 9.78 Å². The molecule has 0 unspecified atom stereocenters. The molecule has 2 rings (SSSR count). The number of pyridine rings is 1. The van der Waals surface area contributed by atoms with Gasteiger partial charge < -0.3 is 11.1 Å². The summed E-state index contributed by atoms with van der Waals surface area (Å²) in [5.74, 6) is -0.740. The van der Waals surface area contributed by atoms with Gasteiger partial charge in [0.25, 0.3) is 5.91 Å². The first-order chi connectivity index (χ1) is 9.47. The highest BCUT2D eigenvalue weighted by atomic mass is 127. The molecular weight excluding hydrogens is 392 g/mol. The van der Waals surface area contributed by atoms with Crippen molar-refractivity contribution in [3.63, 3.8) is 0 Å². The molecule has 20 heavy (non-hydrogen) atoms. The van der Waals surface area contributed by atoms with Crippen LogP contribution in [0.15, 0.2) is 36.5 Å². The lowest BCUT2D eigenvalue weighted by Gasteiger charge is -2.07. The van der Waals surface area contributed by atoms with Gasteiger partial charge in [-0.1, -0.05) is 12.2 Å². The van der Waals surface area contributed by atoms with Crippen LogP contribution in [0.4, 0.5) is 10.1 Å². The molecule has 2 aromatic rings. The second-order valence-corrected chi connectivity index (χ2v) is 5.48. The van der Waals surface area contributed by atoms with Gasteiger partial charge >= 0.3 is 0 Å². The predicted molar refractivity (Wildman–Crippen MR) is 87.2 cm³/mol. The van der Waals surface area contributed by atoms with E-state index in [1.165, 1.54) is 30.5 Å². The lowest BCUT2D eigenvalue weighted by atomic mass is 10.2. The van der Waals surface area contributed by atoms with Crippen LogP contribution in [-0.2, 0) is 0 Å². The van der Waals surface area contributed by atoms with E-state index < -0.39 is 0 Å². The van der Waals surface area contributed by atoms with Crippen LogP contribution < -0.4 is 11.1 Å². The van der Waals surface area contributed by atoms with Crippen molar-refractivity contribution in [2.75, 3.05) is 5.32 Å². The summed E-state index contributed by atoms with van der Waals surface area (Å²) in [6.45, 7) is 0. The van der Waals surface area contributed by atoms with E-state index in [2.05, 4.69) is 10.3 Å². The molecule has 0 saturated heterocycles. The van der Waals surface area contributed by atoms with Gasteiger partial charge in [0.15, 0.2) is 0 Å². The van der Waals surface area contributed by atoms with Crippen molar-refractivity contribution in [3.05, 3.63) is 57.2 Å². The monoisotopic (exact) mass is 401 g/mol. The molecular formula is C13H9FIN3OS. The topological polar surface area (TPSA) is 68.0 Å². The minimum Gasteiger partial charge on any atom is -0.389 e. The summed E-state index contributed by atoms with van der Waals surface area (Å²) >= 11 is 6.75. The molecule has 0 radical (unpaired) electrons. The van der Waals surface area contributed by atoms with E-state index in [1.807, 2.05) is 22.6 Å². The molecule has 0 bridgehead atoms. The van der Waals surface area contributed by atoms with Crippen molar-refractivity contribution < 1.29 is 9.18 Å². The van der Waals surface area contributed by atoms with E-state index in [0.29, 0.717) is 14.8 Å². The SMILES string of the molecule is NC(=S)c1ccc(C(=O)Nc2ccc(F)cc2I)nc1. The fourth-order valence-electron chi connectivity index (χ4n) is 1.45. The summed E-state index contributed by atoms with van der Waals surface area (Å²) < 4.78 is 13.6. The zero-order valence-corrected chi connectivity index (χ0v) is 13.0. The maximum absolute atomic E-state index is 13.0. The second-order valence-electron chi connectivity index (χ2n) is 3.87. The molecule has 0 fully saturated rings. The van der Waals surface area contributed by atoms with Crippen molar-refractivity contribution in [3.8, 4) is 0 Å². The number of thiocarbonyl (C=S) groups is 1. The third kappa shape index (κ3) is 3.48. The summed E-state index contributed by atoms with van der Waals surface area (Å²) in [5, 5.41) is 2.66. The number of anilines is 1. The first-order valence-electron chi connectivity index (χ1n) is 5.49. The highest BCUT2D eigenvalue weighted by molar-refractivity contribution is 14.1. The number of amides is 1. The normalized spacial score (nSPS) is 10.1. The third-order valence-corrected chi connectivity index (χ3v) is 3.59. The number of hydrogen-bond donors (Lipinski definition) is 2. The third-order valence-electron chi connectivity index (χ3n) is 2.46. The fourth-order valence-corrected chi connectivity index (χ4v) is 2.18. The van der Waals surface area contributed by atoms with Crippen molar-refractivity contribution in [2.45, 2.75) is 0 Å². The van der Waals surface area contributed by atoms with Crippen LogP contribution in [0.3, 0.4) is 0 Å². The Morgan fingerprint density at radius 1 is 1.35 bits per heavy atom. The van der Waals surface area contributed by atoms with Gasteiger partial charge in [-0.25, -0.2) is 4.39 Å². The zero-order chi connectivity index (χ0) is 14.7. The molecule has 0 atom stereocenters. The number of aromatic nitrogens is 1. The molecule has 0 spiro atoms. The smallest absolute Gasteiger partial charge is 0.274 e. The summed E-state index contributed by atoms with van der Waals surface area (Å²) in [6.07, 6.45) is 1.44. The van der Waals surface area contributed by atoms with Crippen LogP contribution >= 0.6 is 34.8 Å². The Kier molecular flexibility index (Phi) is 4.61. The summed E-state index contributed by atoms with van der Waals surface area (Å²) in [6, 6.07) is 7.26. The van der Waals surface area contributed by atoms with Crippen LogP contribution in [0.1, 0.15) is 16.1 Å². The Labute approximate surface area is 133 Å². The Morgan fingerprint density at radius 3 is 2.65 bits per heavy atom. The Balaban J connectivity index is 2.17. The number of carbonyl (C=O) groups is 1. The predicted octanol–water partition coefficient (Wildman–Crippen LogP) is 2.71. The number of hydrogen-bond acceptors (Lipinski definition) is 3. The van der Waals surface area contributed by atoms with E-state index in [0.717, 1.165) is 0 Å². The molecule has 0 saturated carbocycles. The molecule has 7 heteroatoms. The standard InChI is InChI=1S/C13H9FIN3OS/c14-8-2-4-10(9(15)5-8)18-13(19)11-3-1-7(6-17-11)12(16)20/h1-6H,(H2,16,20)(H,18,19). The number of carbonyl (C=O) groups excluding carboxylic acids is 1. The van der Waals surface area contributed by atoms with Gasteiger partial charge in [0.05, 0.1) is 5.69 Å². The Bertz CT molecular complexity index is 676. The van der Waals surface area contributed by atoms with E-state index >= 15 is 0 Å². The van der Waals surface area contributed by atoms with Crippen molar-refractivity contribution in [1.82, 2.24) is 4.98 Å². The first kappa shape index (κ1) is 14.8. The van der Waals surface area contributed by atoms with Crippen LogP contribution in [0, 0.1) is 9.39 Å². The van der Waals surface area contributed by atoms with E-state index in [1.54, 1.807) is 6.07 Å². The summed E-state index contributed by atoms with van der Waals surface area (Å²) in [7, 11) is 0.